The van der Waals surface area contributed by atoms with Crippen molar-refractivity contribution in [2.45, 2.75) is 26.1 Å². The Kier molecular flexibility index (Phi) is 7.19. The summed E-state index contributed by atoms with van der Waals surface area (Å²) in [6.45, 7) is 1.64. The molecule has 0 radical (unpaired) electrons. The molecule has 0 saturated carbocycles. The second-order valence-corrected chi connectivity index (χ2v) is 6.70. The number of aromatic nitrogens is 1. The number of nitrogens with one attached hydrogen (secondary N) is 2. The van der Waals surface area contributed by atoms with E-state index < -0.39 is 23.1 Å². The van der Waals surface area contributed by atoms with E-state index in [1.54, 1.807) is 13.0 Å². The number of benzene rings is 1. The van der Waals surface area contributed by atoms with Gasteiger partial charge in [0.15, 0.2) is 5.13 Å². The smallest absolute Gasteiger partial charge is 0.321 e. The fourth-order valence-corrected chi connectivity index (χ4v) is 2.87. The third kappa shape index (κ3) is 5.97. The van der Waals surface area contributed by atoms with E-state index in [9.17, 15) is 18.4 Å². The zero-order valence-electron chi connectivity index (χ0n) is 15.1. The summed E-state index contributed by atoms with van der Waals surface area (Å²) in [5.74, 6) is -0.713. The van der Waals surface area contributed by atoms with Gasteiger partial charge in [-0.2, -0.15) is 4.39 Å². The highest BCUT2D eigenvalue weighted by Crippen LogP contribution is 2.22. The zero-order chi connectivity index (χ0) is 20.0. The maximum Gasteiger partial charge on any atom is 0.321 e. The van der Waals surface area contributed by atoms with Crippen molar-refractivity contribution in [3.8, 4) is 0 Å². The first-order valence-corrected chi connectivity index (χ1v) is 8.84. The normalized spacial score (nSPS) is 11.7. The molecule has 10 heteroatoms. The zero-order valence-corrected chi connectivity index (χ0v) is 15.9. The molecular weight excluding hydrogens is 378 g/mol. The topological polar surface area (TPSA) is 83.6 Å². The van der Waals surface area contributed by atoms with Crippen LogP contribution >= 0.6 is 11.3 Å². The maximum absolute atomic E-state index is 14.0. The molecule has 146 valence electrons. The maximum atomic E-state index is 14.0. The van der Waals surface area contributed by atoms with E-state index in [-0.39, 0.29) is 29.8 Å². The standard InChI is InChI=1S/C17H20F2N4O3S/c1-10(26-3)15(24)23(2)9-13-14(19)27-17(21-13)22-16(25)20-8-11-5-4-6-12(18)7-11/h4-7,10H,8-9H2,1-3H3,(H2,20,21,22,25)/t10-/m1/s1. The van der Waals surface area contributed by atoms with Gasteiger partial charge >= 0.3 is 6.03 Å². The molecule has 2 aromatic rings. The number of thiazole rings is 1. The Labute approximate surface area is 159 Å². The first kappa shape index (κ1) is 20.7. The summed E-state index contributed by atoms with van der Waals surface area (Å²) in [5.41, 5.74) is 0.628. The van der Waals surface area contributed by atoms with Crippen LogP contribution in [0.25, 0.3) is 0 Å². The second kappa shape index (κ2) is 9.38. The fraction of sp³-hybridized carbons (Fsp3) is 0.353. The van der Waals surface area contributed by atoms with Gasteiger partial charge in [-0.25, -0.2) is 14.2 Å². The molecule has 3 amide bonds. The highest BCUT2D eigenvalue weighted by atomic mass is 32.1. The summed E-state index contributed by atoms with van der Waals surface area (Å²) in [5, 5.41) is 4.41. The van der Waals surface area contributed by atoms with Crippen LogP contribution in [0.2, 0.25) is 0 Å². The average molecular weight is 398 g/mol. The minimum atomic E-state index is -0.650. The Bertz CT molecular complexity index is 815. The Morgan fingerprint density at radius 2 is 2.11 bits per heavy atom. The summed E-state index contributed by atoms with van der Waals surface area (Å²) in [7, 11) is 2.92. The summed E-state index contributed by atoms with van der Waals surface area (Å²) >= 11 is 0.656. The number of methoxy groups -OCH3 is 1. The average Bonchev–Trinajstić information content (AvgIpc) is 2.97. The van der Waals surface area contributed by atoms with Gasteiger partial charge in [-0.1, -0.05) is 23.5 Å². The van der Waals surface area contributed by atoms with E-state index in [4.69, 9.17) is 4.74 Å². The van der Waals surface area contributed by atoms with Crippen LogP contribution in [0.4, 0.5) is 18.7 Å². The summed E-state index contributed by atoms with van der Waals surface area (Å²) in [4.78, 5) is 29.2. The molecule has 2 rings (SSSR count). The Hall–Kier alpha value is -2.59. The molecule has 1 aromatic carbocycles. The number of urea groups is 1. The lowest BCUT2D eigenvalue weighted by Gasteiger charge is -2.19. The third-order valence-corrected chi connectivity index (χ3v) is 4.48. The number of likely N-dealkylation sites (N-methyl/N-ethyl adjacent to an activating group) is 1. The van der Waals surface area contributed by atoms with Crippen LogP contribution < -0.4 is 10.6 Å². The van der Waals surface area contributed by atoms with E-state index in [2.05, 4.69) is 15.6 Å². The van der Waals surface area contributed by atoms with E-state index in [0.29, 0.717) is 16.9 Å². The van der Waals surface area contributed by atoms with Crippen molar-refractivity contribution < 1.29 is 23.1 Å². The Morgan fingerprint density at radius 1 is 1.37 bits per heavy atom. The molecule has 0 aliphatic heterocycles. The van der Waals surface area contributed by atoms with E-state index in [1.807, 2.05) is 0 Å². The first-order chi connectivity index (χ1) is 12.8. The van der Waals surface area contributed by atoms with Crippen LogP contribution in [-0.2, 0) is 22.6 Å². The van der Waals surface area contributed by atoms with Gasteiger partial charge in [0.1, 0.15) is 17.6 Å². The van der Waals surface area contributed by atoms with Crippen molar-refractivity contribution in [1.82, 2.24) is 15.2 Å². The predicted octanol–water partition coefficient (Wildman–Crippen LogP) is 2.74. The highest BCUT2D eigenvalue weighted by molar-refractivity contribution is 7.14. The van der Waals surface area contributed by atoms with Gasteiger partial charge in [0.25, 0.3) is 5.91 Å². The lowest BCUT2D eigenvalue weighted by molar-refractivity contribution is -0.140. The molecule has 0 saturated heterocycles. The summed E-state index contributed by atoms with van der Waals surface area (Å²) in [6.07, 6.45) is -0.650. The number of hydrogen-bond donors (Lipinski definition) is 2. The van der Waals surface area contributed by atoms with Crippen molar-refractivity contribution in [3.05, 3.63) is 46.5 Å². The molecule has 0 spiro atoms. The molecule has 2 N–H and O–H groups in total. The highest BCUT2D eigenvalue weighted by Gasteiger charge is 2.20. The minimum Gasteiger partial charge on any atom is -0.372 e. The number of carbonyl (C=O) groups excluding carboxylic acids is 2. The molecule has 1 heterocycles. The summed E-state index contributed by atoms with van der Waals surface area (Å²) < 4.78 is 32.1. The van der Waals surface area contributed by atoms with Crippen molar-refractivity contribution in [3.63, 3.8) is 0 Å². The van der Waals surface area contributed by atoms with Crippen molar-refractivity contribution in [1.29, 1.82) is 0 Å². The quantitative estimate of drug-likeness (QED) is 0.751. The predicted molar refractivity (Wildman–Crippen MR) is 97.3 cm³/mol. The van der Waals surface area contributed by atoms with Crippen molar-refractivity contribution >= 4 is 28.4 Å². The molecule has 0 unspecified atom stereocenters. The fourth-order valence-electron chi connectivity index (χ4n) is 2.17. The van der Waals surface area contributed by atoms with E-state index >= 15 is 0 Å². The molecule has 7 nitrogen and oxygen atoms in total. The monoisotopic (exact) mass is 398 g/mol. The number of hydrogen-bond acceptors (Lipinski definition) is 5. The lowest BCUT2D eigenvalue weighted by Crippen LogP contribution is -2.35. The minimum absolute atomic E-state index is 0.0413. The summed E-state index contributed by atoms with van der Waals surface area (Å²) in [6, 6.07) is 5.21. The molecule has 1 aromatic heterocycles. The van der Waals surface area contributed by atoms with Gasteiger partial charge in [-0.15, -0.1) is 0 Å². The van der Waals surface area contributed by atoms with Gasteiger partial charge < -0.3 is 15.0 Å². The largest absolute Gasteiger partial charge is 0.372 e. The molecule has 27 heavy (non-hydrogen) atoms. The van der Waals surface area contributed by atoms with E-state index in [1.165, 1.54) is 37.3 Å². The molecule has 0 aliphatic rings. The van der Waals surface area contributed by atoms with Crippen molar-refractivity contribution in [2.24, 2.45) is 0 Å². The van der Waals surface area contributed by atoms with Gasteiger partial charge in [-0.05, 0) is 24.6 Å². The molecule has 0 fully saturated rings. The number of carbonyl (C=O) groups is 2. The van der Waals surface area contributed by atoms with Crippen LogP contribution in [-0.4, -0.2) is 42.1 Å². The Balaban J connectivity index is 1.91. The van der Waals surface area contributed by atoms with Gasteiger partial charge in [0, 0.05) is 20.7 Å². The molecule has 1 atom stereocenters. The lowest BCUT2D eigenvalue weighted by atomic mass is 10.2. The third-order valence-electron chi connectivity index (χ3n) is 3.68. The van der Waals surface area contributed by atoms with Crippen molar-refractivity contribution in [2.75, 3.05) is 19.5 Å². The van der Waals surface area contributed by atoms with Crippen LogP contribution in [0.5, 0.6) is 0 Å². The second-order valence-electron chi connectivity index (χ2n) is 5.75. The van der Waals surface area contributed by atoms with Gasteiger partial charge in [0.05, 0.1) is 6.54 Å². The number of anilines is 1. The van der Waals surface area contributed by atoms with Crippen LogP contribution in [0.3, 0.4) is 0 Å². The van der Waals surface area contributed by atoms with Gasteiger partial charge in [0.2, 0.25) is 5.13 Å². The van der Waals surface area contributed by atoms with Crippen LogP contribution in [0, 0.1) is 10.9 Å². The van der Waals surface area contributed by atoms with Crippen LogP contribution in [0.15, 0.2) is 24.3 Å². The number of halogens is 2. The molecule has 0 aliphatic carbocycles. The Morgan fingerprint density at radius 3 is 2.78 bits per heavy atom. The number of ether oxygens (including phenoxy) is 1. The van der Waals surface area contributed by atoms with Gasteiger partial charge in [-0.3, -0.25) is 10.1 Å². The molecule has 0 bridgehead atoms. The number of nitrogens with zero attached hydrogens (tertiary/aromatic N) is 2. The SMILES string of the molecule is CO[C@H](C)C(=O)N(C)Cc1nc(NC(=O)NCc2cccc(F)c2)sc1F. The molecular formula is C17H20F2N4O3S. The number of rotatable bonds is 7. The first-order valence-electron chi connectivity index (χ1n) is 8.02. The van der Waals surface area contributed by atoms with Crippen LogP contribution in [0.1, 0.15) is 18.2 Å². The van der Waals surface area contributed by atoms with E-state index in [0.717, 1.165) is 0 Å². The number of amides is 3.